The second-order valence-corrected chi connectivity index (χ2v) is 3.17. The molecule has 0 heterocycles. The minimum atomic E-state index is -0.0933. The molecule has 1 aromatic carbocycles. The van der Waals surface area contributed by atoms with Gasteiger partial charge in [-0.2, -0.15) is 0 Å². The first-order chi connectivity index (χ1) is 7.63. The zero-order valence-electron chi connectivity index (χ0n) is 9.33. The number of hydrogen-bond acceptors (Lipinski definition) is 3. The monoisotopic (exact) mass is 218 g/mol. The van der Waals surface area contributed by atoms with Crippen LogP contribution < -0.4 is 15.8 Å². The summed E-state index contributed by atoms with van der Waals surface area (Å²) in [6.07, 6.45) is 0. The summed E-state index contributed by atoms with van der Waals surface area (Å²) in [7, 11) is 1.56. The predicted octanol–water partition coefficient (Wildman–Crippen LogP) is 0.765. The summed E-state index contributed by atoms with van der Waals surface area (Å²) in [4.78, 5) is 10.6. The number of nitrogen functional groups attached to an aromatic ring is 1. The van der Waals surface area contributed by atoms with E-state index in [1.165, 1.54) is 6.92 Å². The van der Waals surface area contributed by atoms with Crippen molar-refractivity contribution in [2.24, 2.45) is 0 Å². The van der Waals surface area contributed by atoms with Gasteiger partial charge in [0.1, 0.15) is 5.75 Å². The van der Waals surface area contributed by atoms with E-state index in [9.17, 15) is 4.79 Å². The second kappa shape index (κ2) is 5.66. The van der Waals surface area contributed by atoms with Gasteiger partial charge in [0.15, 0.2) is 0 Å². The maximum atomic E-state index is 10.6. The number of anilines is 1. The van der Waals surface area contributed by atoms with E-state index in [0.717, 1.165) is 5.56 Å². The molecule has 0 aliphatic heterocycles. The van der Waals surface area contributed by atoms with E-state index in [4.69, 9.17) is 10.5 Å². The van der Waals surface area contributed by atoms with Crippen molar-refractivity contribution in [3.8, 4) is 17.6 Å². The Morgan fingerprint density at radius 2 is 2.31 bits per heavy atom. The van der Waals surface area contributed by atoms with Crippen molar-refractivity contribution in [1.82, 2.24) is 5.32 Å². The first-order valence-electron chi connectivity index (χ1n) is 4.80. The third-order valence-corrected chi connectivity index (χ3v) is 1.89. The van der Waals surface area contributed by atoms with Crippen molar-refractivity contribution in [1.29, 1.82) is 0 Å². The van der Waals surface area contributed by atoms with Crippen molar-refractivity contribution >= 4 is 11.6 Å². The molecular weight excluding hydrogens is 204 g/mol. The first kappa shape index (κ1) is 11.9. The van der Waals surface area contributed by atoms with Crippen LogP contribution in [0, 0.1) is 11.8 Å². The average Bonchev–Trinajstić information content (AvgIpc) is 2.26. The number of amides is 1. The Labute approximate surface area is 94.8 Å². The molecule has 0 spiro atoms. The lowest BCUT2D eigenvalue weighted by molar-refractivity contribution is -0.118. The summed E-state index contributed by atoms with van der Waals surface area (Å²) in [5.74, 6) is 6.24. The van der Waals surface area contributed by atoms with Gasteiger partial charge in [0.2, 0.25) is 5.91 Å². The summed E-state index contributed by atoms with van der Waals surface area (Å²) in [5, 5.41) is 2.59. The van der Waals surface area contributed by atoms with Gasteiger partial charge >= 0.3 is 0 Å². The van der Waals surface area contributed by atoms with Crippen LogP contribution in [0.3, 0.4) is 0 Å². The molecule has 0 aliphatic carbocycles. The molecule has 84 valence electrons. The maximum absolute atomic E-state index is 10.6. The number of nitrogens with one attached hydrogen (secondary N) is 1. The van der Waals surface area contributed by atoms with E-state index in [-0.39, 0.29) is 5.91 Å². The highest BCUT2D eigenvalue weighted by molar-refractivity contribution is 5.73. The van der Waals surface area contributed by atoms with Crippen LogP contribution in [0.4, 0.5) is 5.69 Å². The van der Waals surface area contributed by atoms with Gasteiger partial charge in [-0.15, -0.1) is 0 Å². The van der Waals surface area contributed by atoms with E-state index in [1.54, 1.807) is 25.3 Å². The van der Waals surface area contributed by atoms with Crippen LogP contribution >= 0.6 is 0 Å². The van der Waals surface area contributed by atoms with E-state index in [0.29, 0.717) is 18.0 Å². The Hall–Kier alpha value is -2.15. The van der Waals surface area contributed by atoms with E-state index < -0.39 is 0 Å². The molecule has 0 saturated heterocycles. The van der Waals surface area contributed by atoms with Crippen molar-refractivity contribution in [2.75, 3.05) is 19.4 Å². The fraction of sp³-hybridized carbons (Fsp3) is 0.250. The summed E-state index contributed by atoms with van der Waals surface area (Å²) in [6, 6.07) is 5.30. The molecular formula is C12H14N2O2. The molecule has 16 heavy (non-hydrogen) atoms. The minimum Gasteiger partial charge on any atom is -0.495 e. The standard InChI is InChI=1S/C12H14N2O2/c1-9(15)14-7-3-4-10-5-6-11(13)12(8-10)16-2/h5-6,8H,7,13H2,1-2H3,(H,14,15). The third kappa shape index (κ3) is 3.54. The van der Waals surface area contributed by atoms with Gasteiger partial charge in [0.05, 0.1) is 19.3 Å². The van der Waals surface area contributed by atoms with Crippen LogP contribution in [0.15, 0.2) is 18.2 Å². The lowest BCUT2D eigenvalue weighted by Crippen LogP contribution is -2.19. The van der Waals surface area contributed by atoms with Gasteiger partial charge in [-0.3, -0.25) is 4.79 Å². The molecule has 0 unspecified atom stereocenters. The SMILES string of the molecule is COc1cc(C#CCNC(C)=O)ccc1N. The first-order valence-corrected chi connectivity index (χ1v) is 4.80. The fourth-order valence-corrected chi connectivity index (χ4v) is 1.10. The van der Waals surface area contributed by atoms with Gasteiger partial charge in [-0.25, -0.2) is 0 Å². The summed E-state index contributed by atoms with van der Waals surface area (Å²) < 4.78 is 5.07. The highest BCUT2D eigenvalue weighted by atomic mass is 16.5. The maximum Gasteiger partial charge on any atom is 0.217 e. The topological polar surface area (TPSA) is 64.3 Å². The van der Waals surface area contributed by atoms with Gasteiger partial charge in [0.25, 0.3) is 0 Å². The molecule has 0 saturated carbocycles. The normalized spacial score (nSPS) is 8.88. The number of carbonyl (C=O) groups excluding carboxylic acids is 1. The molecule has 1 amide bonds. The third-order valence-electron chi connectivity index (χ3n) is 1.89. The van der Waals surface area contributed by atoms with Gasteiger partial charge in [-0.1, -0.05) is 11.8 Å². The molecule has 4 heteroatoms. The average molecular weight is 218 g/mol. The number of rotatable bonds is 2. The van der Waals surface area contributed by atoms with Crippen LogP contribution in [0.2, 0.25) is 0 Å². The molecule has 0 aliphatic rings. The lowest BCUT2D eigenvalue weighted by atomic mass is 10.2. The molecule has 0 aromatic heterocycles. The minimum absolute atomic E-state index is 0.0933. The zero-order valence-corrected chi connectivity index (χ0v) is 9.33. The highest BCUT2D eigenvalue weighted by Crippen LogP contribution is 2.21. The molecule has 0 atom stereocenters. The smallest absolute Gasteiger partial charge is 0.217 e. The molecule has 0 fully saturated rings. The zero-order chi connectivity index (χ0) is 12.0. The highest BCUT2D eigenvalue weighted by Gasteiger charge is 1.98. The van der Waals surface area contributed by atoms with Crippen LogP contribution in [0.25, 0.3) is 0 Å². The number of hydrogen-bond donors (Lipinski definition) is 2. The van der Waals surface area contributed by atoms with Crippen LogP contribution in [-0.2, 0) is 4.79 Å². The van der Waals surface area contributed by atoms with Crippen molar-refractivity contribution in [3.63, 3.8) is 0 Å². The van der Waals surface area contributed by atoms with E-state index in [2.05, 4.69) is 17.2 Å². The molecule has 0 radical (unpaired) electrons. The second-order valence-electron chi connectivity index (χ2n) is 3.17. The number of benzene rings is 1. The van der Waals surface area contributed by atoms with Crippen LogP contribution in [-0.4, -0.2) is 19.6 Å². The molecule has 1 aromatic rings. The predicted molar refractivity (Wildman–Crippen MR) is 63.0 cm³/mol. The largest absolute Gasteiger partial charge is 0.495 e. The van der Waals surface area contributed by atoms with E-state index in [1.807, 2.05) is 0 Å². The Bertz CT molecular complexity index is 444. The van der Waals surface area contributed by atoms with Crippen LogP contribution in [0.5, 0.6) is 5.75 Å². The summed E-state index contributed by atoms with van der Waals surface area (Å²) >= 11 is 0. The fourth-order valence-electron chi connectivity index (χ4n) is 1.10. The van der Waals surface area contributed by atoms with Gasteiger partial charge in [-0.05, 0) is 18.2 Å². The Morgan fingerprint density at radius 3 is 2.94 bits per heavy atom. The quantitative estimate of drug-likeness (QED) is 0.569. The Morgan fingerprint density at radius 1 is 1.56 bits per heavy atom. The lowest BCUT2D eigenvalue weighted by Gasteiger charge is -2.03. The number of methoxy groups -OCH3 is 1. The van der Waals surface area contributed by atoms with Crippen LogP contribution in [0.1, 0.15) is 12.5 Å². The Balaban J connectivity index is 2.70. The molecule has 3 N–H and O–H groups in total. The molecule has 4 nitrogen and oxygen atoms in total. The number of nitrogens with two attached hydrogens (primary N) is 1. The van der Waals surface area contributed by atoms with Crippen molar-refractivity contribution in [2.45, 2.75) is 6.92 Å². The molecule has 1 rings (SSSR count). The van der Waals surface area contributed by atoms with Crippen molar-refractivity contribution in [3.05, 3.63) is 23.8 Å². The summed E-state index contributed by atoms with van der Waals surface area (Å²) in [5.41, 5.74) is 7.05. The van der Waals surface area contributed by atoms with E-state index >= 15 is 0 Å². The van der Waals surface area contributed by atoms with Crippen molar-refractivity contribution < 1.29 is 9.53 Å². The Kier molecular flexibility index (Phi) is 4.22. The number of ether oxygens (including phenoxy) is 1. The molecule has 0 bridgehead atoms. The number of carbonyl (C=O) groups is 1. The summed E-state index contributed by atoms with van der Waals surface area (Å²) in [6.45, 7) is 1.79. The van der Waals surface area contributed by atoms with Gasteiger partial charge in [0, 0.05) is 12.5 Å². The van der Waals surface area contributed by atoms with Gasteiger partial charge < -0.3 is 15.8 Å².